The third kappa shape index (κ3) is 3.13. The maximum Gasteiger partial charge on any atom is 0.437 e. The molecule has 23 heavy (non-hydrogen) atoms. The fourth-order valence-electron chi connectivity index (χ4n) is 2.85. The summed E-state index contributed by atoms with van der Waals surface area (Å²) in [6.45, 7) is 0.711. The third-order valence-corrected chi connectivity index (χ3v) is 4.27. The van der Waals surface area contributed by atoms with Gasteiger partial charge in [0.25, 0.3) is 11.6 Å². The molecule has 3 rings (SSSR count). The molecule has 0 bridgehead atoms. The van der Waals surface area contributed by atoms with Gasteiger partial charge in [0.1, 0.15) is 5.69 Å². The predicted octanol–water partition coefficient (Wildman–Crippen LogP) is 2.34. The Hall–Kier alpha value is -2.19. The molecular weight excluding hydrogens is 313 g/mol. The lowest BCUT2D eigenvalue weighted by atomic mass is 9.88. The normalized spacial score (nSPS) is 20.6. The Bertz CT molecular complexity index is 684. The zero-order valence-corrected chi connectivity index (χ0v) is 12.1. The van der Waals surface area contributed by atoms with Crippen LogP contribution in [0.5, 0.6) is 0 Å². The number of rotatable bonds is 3. The molecule has 3 heterocycles. The monoisotopic (exact) mass is 328 g/mol. The lowest BCUT2D eigenvalue weighted by Crippen LogP contribution is -2.42. The summed E-state index contributed by atoms with van der Waals surface area (Å²) in [6, 6.07) is 2.53. The van der Waals surface area contributed by atoms with Crippen molar-refractivity contribution in [3.8, 4) is 0 Å². The molecule has 0 unspecified atom stereocenters. The van der Waals surface area contributed by atoms with Gasteiger partial charge in [-0.05, 0) is 18.8 Å². The molecule has 0 aromatic carbocycles. The molecule has 1 saturated heterocycles. The molecule has 0 aliphatic carbocycles. The Morgan fingerprint density at radius 2 is 2.00 bits per heavy atom. The lowest BCUT2D eigenvalue weighted by molar-refractivity contribution is -0.168. The van der Waals surface area contributed by atoms with E-state index in [9.17, 15) is 22.8 Å². The van der Waals surface area contributed by atoms with Crippen molar-refractivity contribution in [2.24, 2.45) is 16.1 Å². The molecule has 2 aliphatic rings. The first kappa shape index (κ1) is 15.7. The second kappa shape index (κ2) is 5.47. The minimum absolute atomic E-state index is 0.152. The molecule has 6 nitrogen and oxygen atoms in total. The molecule has 124 valence electrons. The lowest BCUT2D eigenvalue weighted by Gasteiger charge is -2.33. The van der Waals surface area contributed by atoms with Crippen LogP contribution in [0.1, 0.15) is 29.8 Å². The smallest absolute Gasteiger partial charge is 0.357 e. The Balaban J connectivity index is 1.57. The van der Waals surface area contributed by atoms with Crippen LogP contribution in [0.4, 0.5) is 13.2 Å². The molecule has 0 spiro atoms. The van der Waals surface area contributed by atoms with Gasteiger partial charge in [-0.2, -0.15) is 13.2 Å². The zero-order chi connectivity index (χ0) is 16.7. The number of nitrogens with one attached hydrogen (secondary N) is 1. The van der Waals surface area contributed by atoms with Crippen LogP contribution in [0, 0.1) is 5.92 Å². The maximum absolute atomic E-state index is 12.8. The first-order chi connectivity index (χ1) is 10.8. The van der Waals surface area contributed by atoms with Crippen molar-refractivity contribution >= 4 is 5.91 Å². The van der Waals surface area contributed by atoms with Gasteiger partial charge >= 0.3 is 6.18 Å². The summed E-state index contributed by atoms with van der Waals surface area (Å²) in [5.74, 6) is -0.488. The summed E-state index contributed by atoms with van der Waals surface area (Å²) in [7, 11) is 0. The van der Waals surface area contributed by atoms with Gasteiger partial charge in [0.15, 0.2) is 5.43 Å². The van der Waals surface area contributed by atoms with Crippen LogP contribution < -0.4 is 5.43 Å². The number of hydrogen-bond donors (Lipinski definition) is 1. The molecule has 1 N–H and O–H groups in total. The maximum atomic E-state index is 12.8. The summed E-state index contributed by atoms with van der Waals surface area (Å²) < 4.78 is 38.5. The van der Waals surface area contributed by atoms with E-state index in [0.29, 0.717) is 25.9 Å². The summed E-state index contributed by atoms with van der Waals surface area (Å²) >= 11 is 0. The number of H-pyrrole nitrogens is 1. The van der Waals surface area contributed by atoms with Gasteiger partial charge in [-0.25, -0.2) is 0 Å². The minimum Gasteiger partial charge on any atom is -0.357 e. The van der Waals surface area contributed by atoms with Crippen molar-refractivity contribution in [3.05, 3.63) is 34.2 Å². The molecule has 0 radical (unpaired) electrons. The Labute approximate surface area is 129 Å². The number of likely N-dealkylation sites (tertiary alicyclic amines) is 1. The van der Waals surface area contributed by atoms with Gasteiger partial charge in [-0.15, -0.1) is 10.2 Å². The summed E-state index contributed by atoms with van der Waals surface area (Å²) in [5.41, 5.74) is -2.30. The average Bonchev–Trinajstić information content (AvgIpc) is 3.28. The van der Waals surface area contributed by atoms with Gasteiger partial charge in [0.2, 0.25) is 0 Å². The van der Waals surface area contributed by atoms with E-state index in [0.717, 1.165) is 0 Å². The summed E-state index contributed by atoms with van der Waals surface area (Å²) in [5, 5.41) is 6.38. The van der Waals surface area contributed by atoms with Crippen LogP contribution in [-0.4, -0.2) is 40.7 Å². The highest BCUT2D eigenvalue weighted by Crippen LogP contribution is 2.49. The Morgan fingerprint density at radius 3 is 2.52 bits per heavy atom. The highest BCUT2D eigenvalue weighted by atomic mass is 19.4. The van der Waals surface area contributed by atoms with Crippen molar-refractivity contribution in [2.75, 3.05) is 13.1 Å². The number of alkyl halides is 3. The summed E-state index contributed by atoms with van der Waals surface area (Å²) in [4.78, 5) is 27.8. The van der Waals surface area contributed by atoms with Crippen LogP contribution in [0.25, 0.3) is 0 Å². The van der Waals surface area contributed by atoms with E-state index in [1.54, 1.807) is 4.90 Å². The molecule has 2 aliphatic heterocycles. The number of halogens is 3. The zero-order valence-electron chi connectivity index (χ0n) is 12.1. The highest BCUT2D eigenvalue weighted by molar-refractivity contribution is 5.92. The molecule has 9 heteroatoms. The van der Waals surface area contributed by atoms with Gasteiger partial charge in [-0.1, -0.05) is 0 Å². The van der Waals surface area contributed by atoms with E-state index < -0.39 is 11.8 Å². The first-order valence-electron chi connectivity index (χ1n) is 7.29. The van der Waals surface area contributed by atoms with Gasteiger partial charge in [-0.3, -0.25) is 9.59 Å². The molecule has 1 fully saturated rings. The van der Waals surface area contributed by atoms with Crippen molar-refractivity contribution in [1.82, 2.24) is 9.88 Å². The second-order valence-electron chi connectivity index (χ2n) is 5.89. The van der Waals surface area contributed by atoms with Gasteiger partial charge in [0, 0.05) is 37.8 Å². The van der Waals surface area contributed by atoms with Gasteiger partial charge in [0.05, 0.1) is 0 Å². The minimum atomic E-state index is -4.44. The second-order valence-corrected chi connectivity index (χ2v) is 5.89. The van der Waals surface area contributed by atoms with Crippen molar-refractivity contribution in [3.63, 3.8) is 0 Å². The van der Waals surface area contributed by atoms with E-state index in [2.05, 4.69) is 15.2 Å². The van der Waals surface area contributed by atoms with E-state index in [4.69, 9.17) is 0 Å². The van der Waals surface area contributed by atoms with Crippen molar-refractivity contribution in [1.29, 1.82) is 0 Å². The number of hydrogen-bond acceptors (Lipinski definition) is 4. The molecule has 0 atom stereocenters. The molecule has 0 saturated carbocycles. The highest BCUT2D eigenvalue weighted by Gasteiger charge is 2.64. The Kier molecular flexibility index (Phi) is 3.73. The number of aromatic nitrogens is 1. The fraction of sp³-hybridized carbons (Fsp3) is 0.571. The van der Waals surface area contributed by atoms with E-state index in [1.165, 1.54) is 18.3 Å². The van der Waals surface area contributed by atoms with E-state index in [1.807, 2.05) is 0 Å². The Morgan fingerprint density at radius 1 is 1.35 bits per heavy atom. The van der Waals surface area contributed by atoms with Crippen LogP contribution in [0.15, 0.2) is 33.4 Å². The van der Waals surface area contributed by atoms with Crippen LogP contribution >= 0.6 is 0 Å². The topological polar surface area (TPSA) is 77.9 Å². The number of pyridine rings is 1. The van der Waals surface area contributed by atoms with Crippen LogP contribution in [0.2, 0.25) is 0 Å². The van der Waals surface area contributed by atoms with Crippen LogP contribution in [-0.2, 0) is 0 Å². The average molecular weight is 328 g/mol. The number of amides is 1. The van der Waals surface area contributed by atoms with E-state index in [-0.39, 0.29) is 29.4 Å². The first-order valence-corrected chi connectivity index (χ1v) is 7.29. The predicted molar refractivity (Wildman–Crippen MR) is 73.9 cm³/mol. The fourth-order valence-corrected chi connectivity index (χ4v) is 2.85. The SMILES string of the molecule is O=C(c1cc(=O)cc[nH]1)N1CCC(CC2(C(F)(F)F)N=N2)CC1. The summed E-state index contributed by atoms with van der Waals surface area (Å²) in [6.07, 6.45) is -2.27. The molecule has 1 aromatic heterocycles. The largest absolute Gasteiger partial charge is 0.437 e. The van der Waals surface area contributed by atoms with Gasteiger partial charge < -0.3 is 9.88 Å². The molecule has 1 aromatic rings. The number of aromatic amines is 1. The number of carbonyl (C=O) groups excluding carboxylic acids is 1. The third-order valence-electron chi connectivity index (χ3n) is 4.27. The number of carbonyl (C=O) groups is 1. The molecular formula is C14H15F3N4O2. The number of piperidine rings is 1. The van der Waals surface area contributed by atoms with Crippen molar-refractivity contribution < 1.29 is 18.0 Å². The van der Waals surface area contributed by atoms with E-state index >= 15 is 0 Å². The number of nitrogens with zero attached hydrogens (tertiary/aromatic N) is 3. The molecule has 1 amide bonds. The quantitative estimate of drug-likeness (QED) is 0.924. The standard InChI is InChI=1S/C14H15F3N4O2/c15-14(16,17)13(19-20-13)8-9-2-5-21(6-3-9)12(23)11-7-10(22)1-4-18-11/h1,4,7,9H,2-3,5-6,8H2,(H,18,22). The van der Waals surface area contributed by atoms with Crippen LogP contribution in [0.3, 0.4) is 0 Å². The van der Waals surface area contributed by atoms with Crippen molar-refractivity contribution in [2.45, 2.75) is 31.1 Å².